The van der Waals surface area contributed by atoms with Crippen LogP contribution in [0.4, 0.5) is 5.69 Å². The van der Waals surface area contributed by atoms with Gasteiger partial charge < -0.3 is 9.64 Å². The van der Waals surface area contributed by atoms with Crippen LogP contribution in [0.25, 0.3) is 10.9 Å². The van der Waals surface area contributed by atoms with Crippen LogP contribution in [0.15, 0.2) is 18.2 Å². The molecule has 0 spiro atoms. The Morgan fingerprint density at radius 1 is 1.32 bits per heavy atom. The second-order valence-corrected chi connectivity index (χ2v) is 5.61. The summed E-state index contributed by atoms with van der Waals surface area (Å²) in [4.78, 5) is 6.77. The highest BCUT2D eigenvalue weighted by molar-refractivity contribution is 5.97. The van der Waals surface area contributed by atoms with Crippen LogP contribution >= 0.6 is 0 Å². The number of anilines is 1. The van der Waals surface area contributed by atoms with Gasteiger partial charge in [0.1, 0.15) is 11.3 Å². The molecular formula is C18H23N3O. The van der Waals surface area contributed by atoms with Crippen molar-refractivity contribution in [3.8, 4) is 11.8 Å². The average molecular weight is 297 g/mol. The SMILES string of the molecule is CCCCOc1cccc2c(N(C)C)c(CC#N)c(C)nc12. The summed E-state index contributed by atoms with van der Waals surface area (Å²) in [6.45, 7) is 4.81. The Morgan fingerprint density at radius 2 is 2.09 bits per heavy atom. The Kier molecular flexibility index (Phi) is 5.21. The zero-order valence-corrected chi connectivity index (χ0v) is 13.8. The molecule has 0 saturated carbocycles. The van der Waals surface area contributed by atoms with Gasteiger partial charge in [-0.15, -0.1) is 0 Å². The maximum Gasteiger partial charge on any atom is 0.145 e. The summed E-state index contributed by atoms with van der Waals surface area (Å²) >= 11 is 0. The lowest BCUT2D eigenvalue weighted by atomic mass is 10.0. The van der Waals surface area contributed by atoms with Gasteiger partial charge in [-0.3, -0.25) is 0 Å². The zero-order chi connectivity index (χ0) is 16.1. The zero-order valence-electron chi connectivity index (χ0n) is 13.8. The highest BCUT2D eigenvalue weighted by atomic mass is 16.5. The number of hydrogen-bond acceptors (Lipinski definition) is 4. The van der Waals surface area contributed by atoms with E-state index in [4.69, 9.17) is 15.0 Å². The van der Waals surface area contributed by atoms with Gasteiger partial charge >= 0.3 is 0 Å². The third-order valence-corrected chi connectivity index (χ3v) is 3.71. The Bertz CT molecular complexity index is 702. The second kappa shape index (κ2) is 7.13. The minimum atomic E-state index is 0.364. The van der Waals surface area contributed by atoms with Crippen molar-refractivity contribution in [3.63, 3.8) is 0 Å². The minimum Gasteiger partial charge on any atom is -0.491 e. The third-order valence-electron chi connectivity index (χ3n) is 3.71. The van der Waals surface area contributed by atoms with E-state index in [1.54, 1.807) is 0 Å². The molecule has 4 nitrogen and oxygen atoms in total. The summed E-state index contributed by atoms with van der Waals surface area (Å²) in [6.07, 6.45) is 2.50. The van der Waals surface area contributed by atoms with Gasteiger partial charge in [-0.25, -0.2) is 4.98 Å². The number of aryl methyl sites for hydroxylation is 1. The lowest BCUT2D eigenvalue weighted by Gasteiger charge is -2.21. The van der Waals surface area contributed by atoms with Gasteiger partial charge in [-0.1, -0.05) is 25.5 Å². The van der Waals surface area contributed by atoms with Crippen LogP contribution in [0.1, 0.15) is 31.0 Å². The Morgan fingerprint density at radius 3 is 2.73 bits per heavy atom. The maximum atomic E-state index is 9.10. The Hall–Kier alpha value is -2.28. The van der Waals surface area contributed by atoms with E-state index in [2.05, 4.69) is 17.9 Å². The molecule has 1 aromatic carbocycles. The van der Waals surface area contributed by atoms with E-state index in [1.165, 1.54) is 0 Å². The van der Waals surface area contributed by atoms with Gasteiger partial charge in [0.2, 0.25) is 0 Å². The topological polar surface area (TPSA) is 49.1 Å². The van der Waals surface area contributed by atoms with Crippen LogP contribution < -0.4 is 9.64 Å². The number of nitrogens with zero attached hydrogens (tertiary/aromatic N) is 3. The largest absolute Gasteiger partial charge is 0.491 e. The number of nitriles is 1. The quantitative estimate of drug-likeness (QED) is 0.760. The molecule has 116 valence electrons. The lowest BCUT2D eigenvalue weighted by molar-refractivity contribution is 0.312. The lowest BCUT2D eigenvalue weighted by Crippen LogP contribution is -2.14. The predicted molar refractivity (Wildman–Crippen MR) is 90.5 cm³/mol. The fourth-order valence-corrected chi connectivity index (χ4v) is 2.64. The van der Waals surface area contributed by atoms with Crippen LogP contribution in [0.2, 0.25) is 0 Å². The molecule has 0 saturated heterocycles. The van der Waals surface area contributed by atoms with E-state index >= 15 is 0 Å². The van der Waals surface area contributed by atoms with Crippen molar-refractivity contribution in [2.75, 3.05) is 25.6 Å². The number of aromatic nitrogens is 1. The normalized spacial score (nSPS) is 10.5. The van der Waals surface area contributed by atoms with Gasteiger partial charge in [0.05, 0.1) is 24.8 Å². The fraction of sp³-hybridized carbons (Fsp3) is 0.444. The number of para-hydroxylation sites is 1. The summed E-state index contributed by atoms with van der Waals surface area (Å²) in [5.74, 6) is 0.820. The molecule has 22 heavy (non-hydrogen) atoms. The van der Waals surface area contributed by atoms with Gasteiger partial charge in [0.15, 0.2) is 0 Å². The number of hydrogen-bond donors (Lipinski definition) is 0. The summed E-state index contributed by atoms with van der Waals surface area (Å²) < 4.78 is 5.90. The van der Waals surface area contributed by atoms with Crippen molar-refractivity contribution in [2.24, 2.45) is 0 Å². The summed E-state index contributed by atoms with van der Waals surface area (Å²) in [5.41, 5.74) is 3.82. The first-order valence-corrected chi connectivity index (χ1v) is 7.69. The molecule has 2 rings (SSSR count). The highest BCUT2D eigenvalue weighted by Crippen LogP contribution is 2.35. The minimum absolute atomic E-state index is 0.364. The van der Waals surface area contributed by atoms with Crippen molar-refractivity contribution in [3.05, 3.63) is 29.5 Å². The molecule has 1 aromatic heterocycles. The molecule has 0 N–H and O–H groups in total. The van der Waals surface area contributed by atoms with Crippen LogP contribution in [-0.4, -0.2) is 25.7 Å². The first-order valence-electron chi connectivity index (χ1n) is 7.69. The van der Waals surface area contributed by atoms with E-state index in [0.29, 0.717) is 13.0 Å². The van der Waals surface area contributed by atoms with Crippen molar-refractivity contribution in [2.45, 2.75) is 33.1 Å². The maximum absolute atomic E-state index is 9.10. The average Bonchev–Trinajstić information content (AvgIpc) is 2.48. The number of benzene rings is 1. The van der Waals surface area contributed by atoms with Crippen molar-refractivity contribution in [1.29, 1.82) is 5.26 Å². The van der Waals surface area contributed by atoms with Crippen LogP contribution in [0.5, 0.6) is 5.75 Å². The van der Waals surface area contributed by atoms with Crippen molar-refractivity contribution < 1.29 is 4.74 Å². The number of ether oxygens (including phenoxy) is 1. The standard InChI is InChI=1S/C18H23N3O/c1-5-6-12-22-16-9-7-8-15-17(16)20-13(2)14(10-11-19)18(15)21(3)4/h7-9H,5-6,10,12H2,1-4H3. The van der Waals surface area contributed by atoms with Gasteiger partial charge in [-0.05, 0) is 19.4 Å². The molecule has 1 heterocycles. The van der Waals surface area contributed by atoms with Crippen molar-refractivity contribution in [1.82, 2.24) is 4.98 Å². The van der Waals surface area contributed by atoms with E-state index in [9.17, 15) is 0 Å². The van der Waals surface area contributed by atoms with Crippen molar-refractivity contribution >= 4 is 16.6 Å². The monoisotopic (exact) mass is 297 g/mol. The Labute approximate surface area is 132 Å². The van der Waals surface area contributed by atoms with Gasteiger partial charge in [0, 0.05) is 30.7 Å². The molecule has 0 aliphatic heterocycles. The van der Waals surface area contributed by atoms with Crippen LogP contribution in [-0.2, 0) is 6.42 Å². The number of pyridine rings is 1. The molecule has 0 unspecified atom stereocenters. The van der Waals surface area contributed by atoms with E-state index in [0.717, 1.165) is 46.4 Å². The predicted octanol–water partition coefficient (Wildman–Crippen LogP) is 3.85. The highest BCUT2D eigenvalue weighted by Gasteiger charge is 2.16. The van der Waals surface area contributed by atoms with Crippen LogP contribution in [0, 0.1) is 18.3 Å². The Balaban J connectivity index is 2.62. The fourth-order valence-electron chi connectivity index (χ4n) is 2.64. The smallest absolute Gasteiger partial charge is 0.145 e. The second-order valence-electron chi connectivity index (χ2n) is 5.61. The van der Waals surface area contributed by atoms with Crippen LogP contribution in [0.3, 0.4) is 0 Å². The molecule has 0 amide bonds. The van der Waals surface area contributed by atoms with Gasteiger partial charge in [-0.2, -0.15) is 5.26 Å². The summed E-state index contributed by atoms with van der Waals surface area (Å²) in [7, 11) is 4.00. The molecule has 0 radical (unpaired) electrons. The molecule has 0 fully saturated rings. The molecule has 0 atom stereocenters. The summed E-state index contributed by atoms with van der Waals surface area (Å²) in [5, 5.41) is 10.1. The first kappa shape index (κ1) is 16.1. The number of rotatable bonds is 6. The molecule has 0 aliphatic rings. The van der Waals surface area contributed by atoms with E-state index < -0.39 is 0 Å². The molecule has 0 bridgehead atoms. The van der Waals surface area contributed by atoms with Gasteiger partial charge in [0.25, 0.3) is 0 Å². The molecule has 2 aromatic rings. The first-order chi connectivity index (χ1) is 10.6. The van der Waals surface area contributed by atoms with E-state index in [1.807, 2.05) is 39.2 Å². The number of fused-ring (bicyclic) bond motifs is 1. The number of unbranched alkanes of at least 4 members (excludes halogenated alkanes) is 1. The summed E-state index contributed by atoms with van der Waals surface area (Å²) in [6, 6.07) is 8.25. The van der Waals surface area contributed by atoms with E-state index in [-0.39, 0.29) is 0 Å². The third kappa shape index (κ3) is 3.14. The molecular weight excluding hydrogens is 274 g/mol. The molecule has 0 aliphatic carbocycles. The molecule has 4 heteroatoms.